The van der Waals surface area contributed by atoms with Crippen molar-refractivity contribution in [1.29, 1.82) is 0 Å². The summed E-state index contributed by atoms with van der Waals surface area (Å²) >= 11 is 1.51. The maximum atomic E-state index is 4.01. The largest absolute Gasteiger partial charge is 0.309 e. The molecule has 2 rings (SSSR count). The maximum absolute atomic E-state index is 4.01. The van der Waals surface area contributed by atoms with Crippen LogP contribution in [0, 0.1) is 12.8 Å². The van der Waals surface area contributed by atoms with Gasteiger partial charge in [0, 0.05) is 12.6 Å². The van der Waals surface area contributed by atoms with E-state index in [0.717, 1.165) is 18.2 Å². The van der Waals surface area contributed by atoms with Crippen LogP contribution in [0.15, 0.2) is 0 Å². The first-order valence-corrected chi connectivity index (χ1v) is 6.04. The minimum atomic E-state index is 0.714. The lowest BCUT2D eigenvalue weighted by Gasteiger charge is -2.10. The van der Waals surface area contributed by atoms with E-state index in [9.17, 15) is 0 Å². The number of hydrogen-bond donors (Lipinski definition) is 1. The van der Waals surface area contributed by atoms with Crippen molar-refractivity contribution in [2.45, 2.75) is 45.7 Å². The molecular weight excluding hydrogens is 194 g/mol. The molecule has 0 spiro atoms. The number of rotatable bonds is 3. The van der Waals surface area contributed by atoms with Crippen molar-refractivity contribution >= 4 is 11.5 Å². The fraction of sp³-hybridized carbons (Fsp3) is 0.800. The molecule has 4 heteroatoms. The van der Waals surface area contributed by atoms with Gasteiger partial charge in [0.25, 0.3) is 0 Å². The molecule has 0 bridgehead atoms. The van der Waals surface area contributed by atoms with Crippen LogP contribution in [0.5, 0.6) is 0 Å². The van der Waals surface area contributed by atoms with Gasteiger partial charge in [-0.15, -0.1) is 5.10 Å². The van der Waals surface area contributed by atoms with Crippen LogP contribution >= 0.6 is 11.5 Å². The van der Waals surface area contributed by atoms with Gasteiger partial charge in [-0.1, -0.05) is 11.4 Å². The third kappa shape index (κ3) is 2.30. The maximum Gasteiger partial charge on any atom is 0.0769 e. The van der Waals surface area contributed by atoms with Crippen molar-refractivity contribution in [2.24, 2.45) is 5.92 Å². The van der Waals surface area contributed by atoms with E-state index in [0.29, 0.717) is 6.04 Å². The fourth-order valence-corrected chi connectivity index (χ4v) is 2.63. The lowest BCUT2D eigenvalue weighted by Crippen LogP contribution is -2.25. The third-order valence-electron chi connectivity index (χ3n) is 2.99. The first-order chi connectivity index (χ1) is 6.75. The number of aromatic nitrogens is 2. The Labute approximate surface area is 89.1 Å². The molecule has 1 fully saturated rings. The van der Waals surface area contributed by atoms with Crippen LogP contribution in [-0.4, -0.2) is 15.6 Å². The molecule has 0 aromatic carbocycles. The Hall–Kier alpha value is -0.480. The zero-order valence-corrected chi connectivity index (χ0v) is 9.60. The van der Waals surface area contributed by atoms with Crippen LogP contribution < -0.4 is 5.32 Å². The van der Waals surface area contributed by atoms with Gasteiger partial charge in [-0.2, -0.15) is 0 Å². The number of nitrogens with one attached hydrogen (secondary N) is 1. The second kappa shape index (κ2) is 4.36. The Morgan fingerprint density at radius 3 is 2.93 bits per heavy atom. The van der Waals surface area contributed by atoms with Crippen molar-refractivity contribution in [3.63, 3.8) is 0 Å². The van der Waals surface area contributed by atoms with Crippen molar-refractivity contribution in [1.82, 2.24) is 14.9 Å². The summed E-state index contributed by atoms with van der Waals surface area (Å²) in [6.07, 6.45) is 4.02. The predicted octanol–water partition coefficient (Wildman–Crippen LogP) is 2.12. The van der Waals surface area contributed by atoms with Gasteiger partial charge in [-0.3, -0.25) is 0 Å². The zero-order chi connectivity index (χ0) is 9.97. The first-order valence-electron chi connectivity index (χ1n) is 5.27. The molecule has 0 amide bonds. The second-order valence-corrected chi connectivity index (χ2v) is 5.12. The summed E-state index contributed by atoms with van der Waals surface area (Å²) in [5.41, 5.74) is 1.08. The standard InChI is InChI=1S/C10H17N3S/c1-7-3-4-9(5-7)11-6-10-8(2)12-13-14-10/h7,9,11H,3-6H2,1-2H3. The van der Waals surface area contributed by atoms with Gasteiger partial charge in [-0.25, -0.2) is 0 Å². The van der Waals surface area contributed by atoms with E-state index >= 15 is 0 Å². The van der Waals surface area contributed by atoms with E-state index in [4.69, 9.17) is 0 Å². The number of hydrogen-bond acceptors (Lipinski definition) is 4. The Balaban J connectivity index is 1.80. The summed E-state index contributed by atoms with van der Waals surface area (Å²) in [6.45, 7) is 5.31. The van der Waals surface area contributed by atoms with Crippen molar-refractivity contribution in [2.75, 3.05) is 0 Å². The van der Waals surface area contributed by atoms with E-state index in [1.54, 1.807) is 0 Å². The lowest BCUT2D eigenvalue weighted by molar-refractivity contribution is 0.504. The van der Waals surface area contributed by atoms with E-state index in [1.807, 2.05) is 6.92 Å². The summed E-state index contributed by atoms with van der Waals surface area (Å²) < 4.78 is 3.93. The van der Waals surface area contributed by atoms with Crippen LogP contribution in [0.1, 0.15) is 36.8 Å². The van der Waals surface area contributed by atoms with Gasteiger partial charge in [0.05, 0.1) is 10.6 Å². The average molecular weight is 211 g/mol. The number of aryl methyl sites for hydroxylation is 1. The molecule has 0 saturated heterocycles. The quantitative estimate of drug-likeness (QED) is 0.832. The van der Waals surface area contributed by atoms with Crippen LogP contribution in [-0.2, 0) is 6.54 Å². The Morgan fingerprint density at radius 1 is 1.50 bits per heavy atom. The summed E-state index contributed by atoms with van der Waals surface area (Å²) in [5.74, 6) is 0.896. The summed E-state index contributed by atoms with van der Waals surface area (Å²) in [7, 11) is 0. The molecule has 1 aliphatic rings. The van der Waals surface area contributed by atoms with E-state index in [-0.39, 0.29) is 0 Å². The van der Waals surface area contributed by atoms with Crippen LogP contribution in [0.2, 0.25) is 0 Å². The molecule has 0 radical (unpaired) electrons. The molecule has 1 aromatic heterocycles. The predicted molar refractivity (Wildman–Crippen MR) is 58.3 cm³/mol. The van der Waals surface area contributed by atoms with E-state index in [2.05, 4.69) is 21.8 Å². The van der Waals surface area contributed by atoms with Gasteiger partial charge in [0.15, 0.2) is 0 Å². The summed E-state index contributed by atoms with van der Waals surface area (Å²) in [6, 6.07) is 0.714. The zero-order valence-electron chi connectivity index (χ0n) is 8.79. The molecule has 3 nitrogen and oxygen atoms in total. The molecule has 78 valence electrons. The second-order valence-electron chi connectivity index (χ2n) is 4.28. The lowest BCUT2D eigenvalue weighted by atomic mass is 10.1. The molecule has 1 N–H and O–H groups in total. The number of nitrogens with zero attached hydrogens (tertiary/aromatic N) is 2. The molecule has 1 heterocycles. The van der Waals surface area contributed by atoms with E-state index < -0.39 is 0 Å². The highest BCUT2D eigenvalue weighted by molar-refractivity contribution is 7.05. The van der Waals surface area contributed by atoms with Crippen LogP contribution in [0.3, 0.4) is 0 Å². The molecule has 2 unspecified atom stereocenters. The van der Waals surface area contributed by atoms with Crippen LogP contribution in [0.25, 0.3) is 0 Å². The smallest absolute Gasteiger partial charge is 0.0769 e. The van der Waals surface area contributed by atoms with Gasteiger partial charge in [-0.05, 0) is 43.6 Å². The summed E-state index contributed by atoms with van der Waals surface area (Å²) in [5, 5.41) is 7.59. The molecule has 2 atom stereocenters. The monoisotopic (exact) mass is 211 g/mol. The highest BCUT2D eigenvalue weighted by Gasteiger charge is 2.20. The molecule has 14 heavy (non-hydrogen) atoms. The van der Waals surface area contributed by atoms with Gasteiger partial charge >= 0.3 is 0 Å². The minimum Gasteiger partial charge on any atom is -0.309 e. The van der Waals surface area contributed by atoms with Gasteiger partial charge in [0.2, 0.25) is 0 Å². The van der Waals surface area contributed by atoms with Crippen LogP contribution in [0.4, 0.5) is 0 Å². The highest BCUT2D eigenvalue weighted by atomic mass is 32.1. The van der Waals surface area contributed by atoms with E-state index in [1.165, 1.54) is 35.7 Å². The van der Waals surface area contributed by atoms with Crippen molar-refractivity contribution in [3.8, 4) is 0 Å². The molecule has 1 aliphatic carbocycles. The Kier molecular flexibility index (Phi) is 3.13. The Morgan fingerprint density at radius 2 is 2.36 bits per heavy atom. The minimum absolute atomic E-state index is 0.714. The normalized spacial score (nSPS) is 27.0. The fourth-order valence-electron chi connectivity index (χ4n) is 2.04. The molecule has 1 saturated carbocycles. The first kappa shape index (κ1) is 10.1. The summed E-state index contributed by atoms with van der Waals surface area (Å²) in [4.78, 5) is 1.28. The average Bonchev–Trinajstić information content (AvgIpc) is 2.72. The molecule has 1 aromatic rings. The SMILES string of the molecule is Cc1nnsc1CNC1CCC(C)C1. The Bertz CT molecular complexity index is 297. The molecular formula is C10H17N3S. The van der Waals surface area contributed by atoms with Gasteiger partial charge in [0.1, 0.15) is 0 Å². The van der Waals surface area contributed by atoms with Crippen molar-refractivity contribution in [3.05, 3.63) is 10.6 Å². The highest BCUT2D eigenvalue weighted by Crippen LogP contribution is 2.25. The van der Waals surface area contributed by atoms with Gasteiger partial charge < -0.3 is 5.32 Å². The third-order valence-corrected chi connectivity index (χ3v) is 3.81. The molecule has 0 aliphatic heterocycles. The topological polar surface area (TPSA) is 37.8 Å². The van der Waals surface area contributed by atoms with Crippen molar-refractivity contribution < 1.29 is 0 Å².